The third-order valence-electron chi connectivity index (χ3n) is 3.92. The Balaban J connectivity index is 1.53. The average Bonchev–Trinajstić information content (AvgIpc) is 3.06. The summed E-state index contributed by atoms with van der Waals surface area (Å²) < 4.78 is 0. The molecule has 0 saturated carbocycles. The van der Waals surface area contributed by atoms with Crippen molar-refractivity contribution in [3.63, 3.8) is 0 Å². The summed E-state index contributed by atoms with van der Waals surface area (Å²) >= 11 is 1.82. The molecule has 114 valence electrons. The van der Waals surface area contributed by atoms with Crippen LogP contribution in [-0.2, 0) is 6.54 Å². The minimum Gasteiger partial charge on any atom is -0.367 e. The number of likely N-dealkylation sites (tertiary alicyclic amines) is 1. The topological polar surface area (TPSA) is 64.8 Å². The standard InChI is InChI=1S/C16H19N5S/c17-9-15-16(19-6-5-18-15)20-10-13-3-1-7-21(11-13)12-14-4-2-8-22-14/h2,4-6,8,13H,1,3,7,10-12H2,(H,19,20). The number of piperidine rings is 1. The van der Waals surface area contributed by atoms with E-state index < -0.39 is 0 Å². The Hall–Kier alpha value is -1.97. The second-order valence-electron chi connectivity index (χ2n) is 5.57. The summed E-state index contributed by atoms with van der Waals surface area (Å²) in [4.78, 5) is 12.2. The van der Waals surface area contributed by atoms with Crippen molar-refractivity contribution in [2.45, 2.75) is 19.4 Å². The first-order chi connectivity index (χ1) is 10.8. The van der Waals surface area contributed by atoms with Gasteiger partial charge in [-0.15, -0.1) is 11.3 Å². The number of nitrogens with zero attached hydrogens (tertiary/aromatic N) is 4. The van der Waals surface area contributed by atoms with Crippen LogP contribution in [0, 0.1) is 17.2 Å². The lowest BCUT2D eigenvalue weighted by Crippen LogP contribution is -2.37. The summed E-state index contributed by atoms with van der Waals surface area (Å²) in [6.45, 7) is 4.15. The molecule has 0 spiro atoms. The first-order valence-corrected chi connectivity index (χ1v) is 8.43. The summed E-state index contributed by atoms with van der Waals surface area (Å²) in [5.74, 6) is 1.18. The van der Waals surface area contributed by atoms with E-state index in [1.54, 1.807) is 12.4 Å². The normalized spacial score (nSPS) is 18.8. The zero-order valence-electron chi connectivity index (χ0n) is 12.4. The van der Waals surface area contributed by atoms with Crippen LogP contribution in [0.5, 0.6) is 0 Å². The van der Waals surface area contributed by atoms with Crippen LogP contribution in [0.4, 0.5) is 5.82 Å². The van der Waals surface area contributed by atoms with Crippen molar-refractivity contribution >= 4 is 17.2 Å². The van der Waals surface area contributed by atoms with Gasteiger partial charge in [0.05, 0.1) is 0 Å². The van der Waals surface area contributed by atoms with Crippen molar-refractivity contribution in [2.24, 2.45) is 5.92 Å². The quantitative estimate of drug-likeness (QED) is 0.919. The lowest BCUT2D eigenvalue weighted by Gasteiger charge is -2.32. The fourth-order valence-electron chi connectivity index (χ4n) is 2.87. The van der Waals surface area contributed by atoms with Crippen molar-refractivity contribution in [3.05, 3.63) is 40.5 Å². The van der Waals surface area contributed by atoms with Crippen LogP contribution in [-0.4, -0.2) is 34.5 Å². The number of nitrogens with one attached hydrogen (secondary N) is 1. The smallest absolute Gasteiger partial charge is 0.182 e. The van der Waals surface area contributed by atoms with Crippen molar-refractivity contribution in [2.75, 3.05) is 25.0 Å². The molecule has 1 N–H and O–H groups in total. The second kappa shape index (κ2) is 7.34. The number of thiophene rings is 1. The summed E-state index contributed by atoms with van der Waals surface area (Å²) in [7, 11) is 0. The van der Waals surface area contributed by atoms with E-state index in [0.717, 1.165) is 19.6 Å². The Kier molecular flexibility index (Phi) is 4.99. The molecule has 0 aliphatic carbocycles. The molecule has 5 nitrogen and oxygen atoms in total. The first-order valence-electron chi connectivity index (χ1n) is 7.55. The maximum Gasteiger partial charge on any atom is 0.182 e. The van der Waals surface area contributed by atoms with E-state index in [2.05, 4.69) is 43.8 Å². The Labute approximate surface area is 134 Å². The molecule has 0 aromatic carbocycles. The van der Waals surface area contributed by atoms with Gasteiger partial charge in [0.2, 0.25) is 0 Å². The van der Waals surface area contributed by atoms with Crippen molar-refractivity contribution in [3.8, 4) is 6.07 Å². The fraction of sp³-hybridized carbons (Fsp3) is 0.438. The Morgan fingerprint density at radius 3 is 3.14 bits per heavy atom. The van der Waals surface area contributed by atoms with Crippen LogP contribution in [0.1, 0.15) is 23.4 Å². The van der Waals surface area contributed by atoms with Gasteiger partial charge in [0.15, 0.2) is 11.5 Å². The van der Waals surface area contributed by atoms with Crippen LogP contribution < -0.4 is 5.32 Å². The van der Waals surface area contributed by atoms with Crippen LogP contribution >= 0.6 is 11.3 Å². The number of aromatic nitrogens is 2. The zero-order chi connectivity index (χ0) is 15.2. The van der Waals surface area contributed by atoms with Gasteiger partial charge in [0.25, 0.3) is 0 Å². The fourth-order valence-corrected chi connectivity index (χ4v) is 3.62. The molecule has 1 aliphatic rings. The molecule has 0 bridgehead atoms. The minimum atomic E-state index is 0.369. The average molecular weight is 313 g/mol. The number of rotatable bonds is 5. The summed E-state index contributed by atoms with van der Waals surface area (Å²) in [5, 5.41) is 14.5. The summed E-state index contributed by atoms with van der Waals surface area (Å²) in [5.41, 5.74) is 0.369. The molecule has 2 aromatic heterocycles. The van der Waals surface area contributed by atoms with Gasteiger partial charge in [-0.1, -0.05) is 6.07 Å². The van der Waals surface area contributed by atoms with Crippen LogP contribution in [0.2, 0.25) is 0 Å². The predicted molar refractivity (Wildman–Crippen MR) is 87.6 cm³/mol. The number of hydrogen-bond donors (Lipinski definition) is 1. The van der Waals surface area contributed by atoms with Gasteiger partial charge in [-0.2, -0.15) is 5.26 Å². The Morgan fingerprint density at radius 1 is 1.41 bits per heavy atom. The molecule has 0 amide bonds. The molecule has 22 heavy (non-hydrogen) atoms. The van der Waals surface area contributed by atoms with E-state index in [0.29, 0.717) is 17.4 Å². The van der Waals surface area contributed by atoms with Gasteiger partial charge < -0.3 is 5.32 Å². The molecule has 2 aromatic rings. The SMILES string of the molecule is N#Cc1nccnc1NCC1CCCN(Cc2cccs2)C1. The highest BCUT2D eigenvalue weighted by Crippen LogP contribution is 2.21. The molecule has 1 fully saturated rings. The van der Waals surface area contributed by atoms with Crippen molar-refractivity contribution < 1.29 is 0 Å². The predicted octanol–water partition coefficient (Wildman–Crippen LogP) is 2.73. The number of nitriles is 1. The monoisotopic (exact) mass is 313 g/mol. The maximum absolute atomic E-state index is 9.04. The second-order valence-corrected chi connectivity index (χ2v) is 6.60. The molecule has 0 radical (unpaired) electrons. The van der Waals surface area contributed by atoms with Crippen LogP contribution in [0.15, 0.2) is 29.9 Å². The van der Waals surface area contributed by atoms with E-state index in [-0.39, 0.29) is 0 Å². The van der Waals surface area contributed by atoms with Gasteiger partial charge in [-0.3, -0.25) is 4.90 Å². The molecule has 6 heteroatoms. The van der Waals surface area contributed by atoms with E-state index in [1.165, 1.54) is 24.3 Å². The molecule has 3 rings (SSSR count). The molecular weight excluding hydrogens is 294 g/mol. The van der Waals surface area contributed by atoms with Gasteiger partial charge in [-0.25, -0.2) is 9.97 Å². The molecule has 1 unspecified atom stereocenters. The third kappa shape index (κ3) is 3.81. The highest BCUT2D eigenvalue weighted by Gasteiger charge is 2.20. The molecular formula is C16H19N5S. The van der Waals surface area contributed by atoms with E-state index in [9.17, 15) is 0 Å². The Bertz CT molecular complexity index is 634. The Morgan fingerprint density at radius 2 is 2.32 bits per heavy atom. The first kappa shape index (κ1) is 14.9. The van der Waals surface area contributed by atoms with Crippen molar-refractivity contribution in [1.29, 1.82) is 5.26 Å². The lowest BCUT2D eigenvalue weighted by atomic mass is 9.98. The zero-order valence-corrected chi connectivity index (χ0v) is 13.2. The molecule has 1 saturated heterocycles. The molecule has 1 atom stereocenters. The summed E-state index contributed by atoms with van der Waals surface area (Å²) in [6, 6.07) is 6.39. The molecule has 3 heterocycles. The largest absolute Gasteiger partial charge is 0.367 e. The van der Waals surface area contributed by atoms with E-state index in [4.69, 9.17) is 5.26 Å². The summed E-state index contributed by atoms with van der Waals surface area (Å²) in [6.07, 6.45) is 5.61. The van der Waals surface area contributed by atoms with Crippen molar-refractivity contribution in [1.82, 2.24) is 14.9 Å². The number of anilines is 1. The maximum atomic E-state index is 9.04. The van der Waals surface area contributed by atoms with Gasteiger partial charge in [0.1, 0.15) is 6.07 Å². The lowest BCUT2D eigenvalue weighted by molar-refractivity contribution is 0.174. The number of hydrogen-bond acceptors (Lipinski definition) is 6. The highest BCUT2D eigenvalue weighted by atomic mass is 32.1. The van der Waals surface area contributed by atoms with Gasteiger partial charge in [0, 0.05) is 36.9 Å². The van der Waals surface area contributed by atoms with E-state index in [1.807, 2.05) is 11.3 Å². The molecule has 1 aliphatic heterocycles. The van der Waals surface area contributed by atoms with Gasteiger partial charge >= 0.3 is 0 Å². The third-order valence-corrected chi connectivity index (χ3v) is 4.79. The van der Waals surface area contributed by atoms with E-state index >= 15 is 0 Å². The van der Waals surface area contributed by atoms with Gasteiger partial charge in [-0.05, 0) is 36.8 Å². The van der Waals surface area contributed by atoms with Crippen LogP contribution in [0.3, 0.4) is 0 Å². The highest BCUT2D eigenvalue weighted by molar-refractivity contribution is 7.09. The van der Waals surface area contributed by atoms with Crippen LogP contribution in [0.25, 0.3) is 0 Å². The minimum absolute atomic E-state index is 0.369.